The molecule has 1 heterocycles. The standard InChI is InChI=1S/C17H25BrN2O2/c1-5-17(2,3)20-10-6-7-14(20)16(21)19-13-9-8-12(18)11-15(13)22-4/h8-9,11,14H,5-7,10H2,1-4H3,(H,19,21). The van der Waals surface area contributed by atoms with Crippen LogP contribution in [0.4, 0.5) is 5.69 Å². The Balaban J connectivity index is 2.15. The lowest BCUT2D eigenvalue weighted by molar-refractivity contribution is -0.122. The van der Waals surface area contributed by atoms with Crippen molar-refractivity contribution in [3.05, 3.63) is 22.7 Å². The predicted octanol–water partition coefficient (Wildman–Crippen LogP) is 4.05. The first-order valence-electron chi connectivity index (χ1n) is 7.80. The van der Waals surface area contributed by atoms with Crippen LogP contribution >= 0.6 is 15.9 Å². The molecule has 0 saturated carbocycles. The van der Waals surface area contributed by atoms with E-state index >= 15 is 0 Å². The first kappa shape index (κ1) is 17.3. The van der Waals surface area contributed by atoms with Gasteiger partial charge in [0.05, 0.1) is 18.8 Å². The highest BCUT2D eigenvalue weighted by Crippen LogP contribution is 2.32. The molecule has 4 nitrogen and oxygen atoms in total. The van der Waals surface area contributed by atoms with Crippen LogP contribution in [0.2, 0.25) is 0 Å². The van der Waals surface area contributed by atoms with Crippen LogP contribution in [-0.4, -0.2) is 36.0 Å². The Morgan fingerprint density at radius 3 is 2.86 bits per heavy atom. The maximum absolute atomic E-state index is 12.7. The van der Waals surface area contributed by atoms with Crippen molar-refractivity contribution >= 4 is 27.5 Å². The number of anilines is 1. The minimum Gasteiger partial charge on any atom is -0.495 e. The molecule has 1 aliphatic rings. The van der Waals surface area contributed by atoms with E-state index in [1.807, 2.05) is 18.2 Å². The maximum Gasteiger partial charge on any atom is 0.241 e. The van der Waals surface area contributed by atoms with Crippen LogP contribution in [0.15, 0.2) is 22.7 Å². The van der Waals surface area contributed by atoms with Gasteiger partial charge in [-0.1, -0.05) is 22.9 Å². The van der Waals surface area contributed by atoms with Crippen LogP contribution in [0.25, 0.3) is 0 Å². The monoisotopic (exact) mass is 368 g/mol. The van der Waals surface area contributed by atoms with E-state index in [2.05, 4.69) is 46.9 Å². The molecule has 5 heteroatoms. The number of ether oxygens (including phenoxy) is 1. The van der Waals surface area contributed by atoms with Gasteiger partial charge < -0.3 is 10.1 Å². The zero-order valence-corrected chi connectivity index (χ0v) is 15.4. The van der Waals surface area contributed by atoms with Crippen molar-refractivity contribution in [3.63, 3.8) is 0 Å². The first-order valence-corrected chi connectivity index (χ1v) is 8.59. The Labute approximate surface area is 141 Å². The summed E-state index contributed by atoms with van der Waals surface area (Å²) in [5, 5.41) is 3.03. The molecule has 1 aromatic rings. The minimum absolute atomic E-state index is 0.0440. The molecule has 2 rings (SSSR count). The third kappa shape index (κ3) is 3.63. The average Bonchev–Trinajstić information content (AvgIpc) is 2.99. The lowest BCUT2D eigenvalue weighted by Crippen LogP contribution is -2.50. The van der Waals surface area contributed by atoms with E-state index in [-0.39, 0.29) is 17.5 Å². The highest BCUT2D eigenvalue weighted by atomic mass is 79.9. The molecule has 1 saturated heterocycles. The second-order valence-electron chi connectivity index (χ2n) is 6.35. The lowest BCUT2D eigenvalue weighted by Gasteiger charge is -2.38. The number of nitrogens with zero attached hydrogens (tertiary/aromatic N) is 1. The maximum atomic E-state index is 12.7. The molecular weight excluding hydrogens is 344 g/mol. The Hall–Kier alpha value is -1.07. The quantitative estimate of drug-likeness (QED) is 0.852. The van der Waals surface area contributed by atoms with Gasteiger partial charge in [0.25, 0.3) is 0 Å². The van der Waals surface area contributed by atoms with Gasteiger partial charge in [0.1, 0.15) is 5.75 Å². The van der Waals surface area contributed by atoms with Crippen LogP contribution in [0, 0.1) is 0 Å². The van der Waals surface area contributed by atoms with Crippen molar-refractivity contribution < 1.29 is 9.53 Å². The Kier molecular flexibility index (Phi) is 5.50. The Morgan fingerprint density at radius 1 is 1.50 bits per heavy atom. The smallest absolute Gasteiger partial charge is 0.241 e. The van der Waals surface area contributed by atoms with Gasteiger partial charge in [-0.05, 0) is 57.9 Å². The Bertz CT molecular complexity index is 545. The number of hydrogen-bond acceptors (Lipinski definition) is 3. The van der Waals surface area contributed by atoms with Crippen LogP contribution in [0.1, 0.15) is 40.0 Å². The summed E-state index contributed by atoms with van der Waals surface area (Å²) < 4.78 is 6.27. The molecule has 0 bridgehead atoms. The van der Waals surface area contributed by atoms with Gasteiger partial charge in [-0.25, -0.2) is 0 Å². The number of benzene rings is 1. The number of amides is 1. The first-order chi connectivity index (χ1) is 10.4. The number of nitrogens with one attached hydrogen (secondary N) is 1. The molecule has 1 fully saturated rings. The number of hydrogen-bond donors (Lipinski definition) is 1. The van der Waals surface area contributed by atoms with E-state index in [4.69, 9.17) is 4.74 Å². The molecular formula is C17H25BrN2O2. The zero-order valence-electron chi connectivity index (χ0n) is 13.8. The Morgan fingerprint density at radius 2 is 2.23 bits per heavy atom. The average molecular weight is 369 g/mol. The van der Waals surface area contributed by atoms with Gasteiger partial charge in [-0.3, -0.25) is 9.69 Å². The number of carbonyl (C=O) groups excluding carboxylic acids is 1. The van der Waals surface area contributed by atoms with Crippen LogP contribution < -0.4 is 10.1 Å². The van der Waals surface area contributed by atoms with Crippen molar-refractivity contribution in [1.82, 2.24) is 4.90 Å². The fourth-order valence-corrected chi connectivity index (χ4v) is 3.29. The molecule has 122 valence electrons. The molecule has 0 spiro atoms. The molecule has 22 heavy (non-hydrogen) atoms. The van der Waals surface area contributed by atoms with E-state index in [9.17, 15) is 4.79 Å². The number of likely N-dealkylation sites (tertiary alicyclic amines) is 1. The summed E-state index contributed by atoms with van der Waals surface area (Å²) in [6, 6.07) is 5.56. The number of methoxy groups -OCH3 is 1. The van der Waals surface area contributed by atoms with Crippen molar-refractivity contribution in [2.24, 2.45) is 0 Å². The minimum atomic E-state index is -0.0664. The molecule has 0 radical (unpaired) electrons. The normalized spacial score (nSPS) is 19.2. The van der Waals surface area contributed by atoms with Crippen LogP contribution in [0.5, 0.6) is 5.75 Å². The topological polar surface area (TPSA) is 41.6 Å². The summed E-state index contributed by atoms with van der Waals surface area (Å²) >= 11 is 3.41. The summed E-state index contributed by atoms with van der Waals surface area (Å²) in [7, 11) is 1.61. The molecule has 1 aromatic carbocycles. The summed E-state index contributed by atoms with van der Waals surface area (Å²) in [4.78, 5) is 15.0. The number of rotatable bonds is 5. The highest BCUT2D eigenvalue weighted by molar-refractivity contribution is 9.10. The second-order valence-corrected chi connectivity index (χ2v) is 7.27. The van der Waals surface area contributed by atoms with Crippen molar-refractivity contribution in [2.45, 2.75) is 51.6 Å². The second kappa shape index (κ2) is 7.01. The molecule has 1 atom stereocenters. The molecule has 1 unspecified atom stereocenters. The van der Waals surface area contributed by atoms with E-state index in [1.165, 1.54) is 0 Å². The lowest BCUT2D eigenvalue weighted by atomic mass is 9.98. The fourth-order valence-electron chi connectivity index (χ4n) is 2.95. The van der Waals surface area contributed by atoms with Gasteiger partial charge in [0.2, 0.25) is 5.91 Å². The van der Waals surface area contributed by atoms with Crippen molar-refractivity contribution in [3.8, 4) is 5.75 Å². The third-order valence-electron chi connectivity index (χ3n) is 4.62. The van der Waals surface area contributed by atoms with Gasteiger partial charge >= 0.3 is 0 Å². The summed E-state index contributed by atoms with van der Waals surface area (Å²) in [6.45, 7) is 7.57. The molecule has 1 aliphatic heterocycles. The van der Waals surface area contributed by atoms with Crippen molar-refractivity contribution in [2.75, 3.05) is 19.0 Å². The zero-order chi connectivity index (χ0) is 16.3. The van der Waals surface area contributed by atoms with E-state index < -0.39 is 0 Å². The summed E-state index contributed by atoms with van der Waals surface area (Å²) in [5.74, 6) is 0.724. The van der Waals surface area contributed by atoms with Gasteiger partial charge in [-0.2, -0.15) is 0 Å². The van der Waals surface area contributed by atoms with Crippen LogP contribution in [0.3, 0.4) is 0 Å². The molecule has 0 aliphatic carbocycles. The van der Waals surface area contributed by atoms with Crippen LogP contribution in [-0.2, 0) is 4.79 Å². The van der Waals surface area contributed by atoms with Crippen molar-refractivity contribution in [1.29, 1.82) is 0 Å². The SMILES string of the molecule is CCC(C)(C)N1CCCC1C(=O)Nc1ccc(Br)cc1OC. The number of halogens is 1. The third-order valence-corrected chi connectivity index (χ3v) is 5.11. The van der Waals surface area contributed by atoms with Gasteiger partial charge in [-0.15, -0.1) is 0 Å². The largest absolute Gasteiger partial charge is 0.495 e. The van der Waals surface area contributed by atoms with E-state index in [0.29, 0.717) is 5.75 Å². The summed E-state index contributed by atoms with van der Waals surface area (Å²) in [6.07, 6.45) is 3.01. The van der Waals surface area contributed by atoms with Gasteiger partial charge in [0, 0.05) is 10.0 Å². The van der Waals surface area contributed by atoms with E-state index in [0.717, 1.165) is 36.0 Å². The van der Waals surface area contributed by atoms with Gasteiger partial charge in [0.15, 0.2) is 0 Å². The summed E-state index contributed by atoms with van der Waals surface area (Å²) in [5.41, 5.74) is 0.763. The molecule has 1 amide bonds. The number of carbonyl (C=O) groups is 1. The van der Waals surface area contributed by atoms with E-state index in [1.54, 1.807) is 7.11 Å². The fraction of sp³-hybridized carbons (Fsp3) is 0.588. The predicted molar refractivity (Wildman–Crippen MR) is 93.4 cm³/mol. The molecule has 0 aromatic heterocycles. The molecule has 1 N–H and O–H groups in total. The highest BCUT2D eigenvalue weighted by Gasteiger charge is 2.38.